The van der Waals surface area contributed by atoms with Crippen LogP contribution in [0, 0.1) is 0 Å². The maximum Gasteiger partial charge on any atom is 0.338 e. The van der Waals surface area contributed by atoms with E-state index < -0.39 is 5.97 Å². The highest BCUT2D eigenvalue weighted by atomic mass is 16.5. The summed E-state index contributed by atoms with van der Waals surface area (Å²) in [5.41, 5.74) is 0.200. The van der Waals surface area contributed by atoms with Gasteiger partial charge in [0.15, 0.2) is 0 Å². The van der Waals surface area contributed by atoms with Gasteiger partial charge in [0.05, 0.1) is 18.7 Å². The van der Waals surface area contributed by atoms with Crippen LogP contribution in [0.15, 0.2) is 16.7 Å². The summed E-state index contributed by atoms with van der Waals surface area (Å²) in [5.74, 6) is -0.277. The monoisotopic (exact) mass is 269 g/mol. The molecule has 0 atom stereocenters. The number of furan rings is 1. The zero-order chi connectivity index (χ0) is 14.3. The molecule has 5 nitrogen and oxygen atoms in total. The fourth-order valence-corrected chi connectivity index (χ4v) is 2.18. The van der Waals surface area contributed by atoms with E-state index in [0.717, 1.165) is 19.4 Å². The molecule has 0 aliphatic heterocycles. The van der Waals surface area contributed by atoms with E-state index in [-0.39, 0.29) is 5.56 Å². The molecule has 0 saturated carbocycles. The van der Waals surface area contributed by atoms with Crippen LogP contribution in [0.5, 0.6) is 0 Å². The second-order valence-corrected chi connectivity index (χ2v) is 4.54. The lowest BCUT2D eigenvalue weighted by molar-refractivity contribution is 0.0696. The van der Waals surface area contributed by atoms with Crippen molar-refractivity contribution >= 4 is 5.97 Å². The highest BCUT2D eigenvalue weighted by Gasteiger charge is 2.17. The predicted molar refractivity (Wildman–Crippen MR) is 72.3 cm³/mol. The first-order valence-electron chi connectivity index (χ1n) is 6.66. The van der Waals surface area contributed by atoms with E-state index in [1.165, 1.54) is 6.26 Å². The van der Waals surface area contributed by atoms with Gasteiger partial charge in [0, 0.05) is 19.7 Å². The fraction of sp³-hybridized carbons (Fsp3) is 0.643. The first-order chi connectivity index (χ1) is 9.12. The number of hydrogen-bond acceptors (Lipinski definition) is 4. The molecule has 1 heterocycles. The number of hydrogen-bond donors (Lipinski definition) is 1. The highest BCUT2D eigenvalue weighted by molar-refractivity contribution is 5.87. The molecular weight excluding hydrogens is 246 g/mol. The van der Waals surface area contributed by atoms with Gasteiger partial charge < -0.3 is 14.3 Å². The lowest BCUT2D eigenvalue weighted by atomic mass is 10.1. The van der Waals surface area contributed by atoms with E-state index in [2.05, 4.69) is 18.7 Å². The van der Waals surface area contributed by atoms with Gasteiger partial charge in [-0.15, -0.1) is 0 Å². The largest absolute Gasteiger partial charge is 0.478 e. The van der Waals surface area contributed by atoms with Crippen molar-refractivity contribution in [2.45, 2.75) is 39.3 Å². The predicted octanol–water partition coefficient (Wildman–Crippen LogP) is 2.61. The smallest absolute Gasteiger partial charge is 0.338 e. The highest BCUT2D eigenvalue weighted by Crippen LogP contribution is 2.15. The van der Waals surface area contributed by atoms with E-state index in [4.69, 9.17) is 14.3 Å². The van der Waals surface area contributed by atoms with Crippen molar-refractivity contribution < 1.29 is 19.1 Å². The summed E-state index contributed by atoms with van der Waals surface area (Å²) in [4.78, 5) is 13.1. The Morgan fingerprint density at radius 3 is 2.63 bits per heavy atom. The van der Waals surface area contributed by atoms with Crippen LogP contribution in [-0.2, 0) is 11.3 Å². The van der Waals surface area contributed by atoms with Crippen molar-refractivity contribution in [3.05, 3.63) is 23.7 Å². The number of carboxylic acids is 1. The van der Waals surface area contributed by atoms with E-state index >= 15 is 0 Å². The SMILES string of the molecule is CCC(CC)N(CCOC)Cc1cc(C(=O)O)co1. The van der Waals surface area contributed by atoms with Crippen LogP contribution in [0.2, 0.25) is 0 Å². The molecule has 0 saturated heterocycles. The molecule has 0 aliphatic rings. The third kappa shape index (κ3) is 4.69. The average Bonchev–Trinajstić information content (AvgIpc) is 2.85. The Hall–Kier alpha value is -1.33. The van der Waals surface area contributed by atoms with Crippen LogP contribution >= 0.6 is 0 Å². The van der Waals surface area contributed by atoms with Crippen molar-refractivity contribution in [2.75, 3.05) is 20.3 Å². The lowest BCUT2D eigenvalue weighted by Gasteiger charge is -2.29. The number of methoxy groups -OCH3 is 1. The second kappa shape index (κ2) is 7.96. The Morgan fingerprint density at radius 1 is 1.47 bits per heavy atom. The molecule has 1 N–H and O–H groups in total. The number of rotatable bonds is 9. The summed E-state index contributed by atoms with van der Waals surface area (Å²) in [6, 6.07) is 2.04. The zero-order valence-corrected chi connectivity index (χ0v) is 11.9. The Kier molecular flexibility index (Phi) is 6.59. The standard InChI is InChI=1S/C14H23NO4/c1-4-12(5-2)15(6-7-18-3)9-13-8-11(10-19-13)14(16)17/h8,10,12H,4-7,9H2,1-3H3,(H,16,17). The maximum atomic E-state index is 10.8. The Balaban J connectivity index is 2.71. The van der Waals surface area contributed by atoms with Crippen LogP contribution in [-0.4, -0.2) is 42.3 Å². The quantitative estimate of drug-likeness (QED) is 0.746. The van der Waals surface area contributed by atoms with Crippen LogP contribution in [0.3, 0.4) is 0 Å². The normalized spacial score (nSPS) is 11.4. The number of carbonyl (C=O) groups is 1. The second-order valence-electron chi connectivity index (χ2n) is 4.54. The van der Waals surface area contributed by atoms with Crippen molar-refractivity contribution in [3.8, 4) is 0 Å². The zero-order valence-electron chi connectivity index (χ0n) is 11.9. The van der Waals surface area contributed by atoms with Gasteiger partial charge in [-0.1, -0.05) is 13.8 Å². The van der Waals surface area contributed by atoms with Crippen LogP contribution in [0.25, 0.3) is 0 Å². The minimum Gasteiger partial charge on any atom is -0.478 e. The van der Waals surface area contributed by atoms with Gasteiger partial charge in [0.1, 0.15) is 12.0 Å². The third-order valence-corrected chi connectivity index (χ3v) is 3.30. The molecule has 0 bridgehead atoms. The molecule has 0 unspecified atom stereocenters. The molecular formula is C14H23NO4. The van der Waals surface area contributed by atoms with Crippen molar-refractivity contribution in [3.63, 3.8) is 0 Å². The molecule has 0 amide bonds. The molecule has 0 aromatic carbocycles. The van der Waals surface area contributed by atoms with E-state index in [9.17, 15) is 4.79 Å². The minimum absolute atomic E-state index is 0.200. The van der Waals surface area contributed by atoms with E-state index in [1.807, 2.05) is 0 Å². The summed E-state index contributed by atoms with van der Waals surface area (Å²) in [6.45, 7) is 6.38. The number of aromatic carboxylic acids is 1. The fourth-order valence-electron chi connectivity index (χ4n) is 2.18. The van der Waals surface area contributed by atoms with Crippen molar-refractivity contribution in [2.24, 2.45) is 0 Å². The molecule has 0 aliphatic carbocycles. The molecule has 1 aromatic heterocycles. The summed E-state index contributed by atoms with van der Waals surface area (Å²) in [5, 5.41) is 8.88. The van der Waals surface area contributed by atoms with Gasteiger partial charge in [0.25, 0.3) is 0 Å². The minimum atomic E-state index is -0.957. The van der Waals surface area contributed by atoms with E-state index in [0.29, 0.717) is 25.0 Å². The Bertz CT molecular complexity index is 385. The van der Waals surface area contributed by atoms with Gasteiger partial charge in [-0.25, -0.2) is 4.79 Å². The molecule has 0 spiro atoms. The summed E-state index contributed by atoms with van der Waals surface area (Å²) in [7, 11) is 1.68. The van der Waals surface area contributed by atoms with Gasteiger partial charge in [0.2, 0.25) is 0 Å². The summed E-state index contributed by atoms with van der Waals surface area (Å²) >= 11 is 0. The first kappa shape index (κ1) is 15.7. The van der Waals surface area contributed by atoms with Gasteiger partial charge >= 0.3 is 5.97 Å². The molecule has 1 rings (SSSR count). The Labute approximate surface area is 114 Å². The topological polar surface area (TPSA) is 62.9 Å². The summed E-state index contributed by atoms with van der Waals surface area (Å²) in [6.07, 6.45) is 3.39. The maximum absolute atomic E-state index is 10.8. The van der Waals surface area contributed by atoms with Gasteiger partial charge in [-0.05, 0) is 18.9 Å². The molecule has 0 fully saturated rings. The number of nitrogens with zero attached hydrogens (tertiary/aromatic N) is 1. The molecule has 5 heteroatoms. The van der Waals surface area contributed by atoms with E-state index in [1.54, 1.807) is 13.2 Å². The van der Waals surface area contributed by atoms with Crippen LogP contribution < -0.4 is 0 Å². The first-order valence-corrected chi connectivity index (χ1v) is 6.66. The van der Waals surface area contributed by atoms with Crippen molar-refractivity contribution in [1.82, 2.24) is 4.90 Å². The van der Waals surface area contributed by atoms with Crippen LogP contribution in [0.4, 0.5) is 0 Å². The summed E-state index contributed by atoms with van der Waals surface area (Å²) < 4.78 is 10.4. The lowest BCUT2D eigenvalue weighted by Crippen LogP contribution is -2.36. The number of carboxylic acid groups (broad SMARTS) is 1. The molecule has 19 heavy (non-hydrogen) atoms. The average molecular weight is 269 g/mol. The van der Waals surface area contributed by atoms with Crippen molar-refractivity contribution in [1.29, 1.82) is 0 Å². The Morgan fingerprint density at radius 2 is 2.16 bits per heavy atom. The van der Waals surface area contributed by atoms with Gasteiger partial charge in [-0.3, -0.25) is 4.90 Å². The third-order valence-electron chi connectivity index (χ3n) is 3.30. The van der Waals surface area contributed by atoms with Gasteiger partial charge in [-0.2, -0.15) is 0 Å². The molecule has 1 aromatic rings. The molecule has 0 radical (unpaired) electrons. The number of ether oxygens (including phenoxy) is 1. The van der Waals surface area contributed by atoms with Crippen LogP contribution in [0.1, 0.15) is 42.8 Å². The molecule has 108 valence electrons.